The first-order valence-electron chi connectivity index (χ1n) is 7.92. The maximum Gasteiger partial charge on any atom is 0.302 e. The third-order valence-electron chi connectivity index (χ3n) is 5.43. The molecule has 5 atom stereocenters. The standard InChI is InChI=1S/C17H22O4/c1-10(18)21-7-3-2-4-12-9-13-8-11-5-6-14(19)15(11)16(13)17(12)20/h2-3,11-13,15-16H,4-9H2,1H3/b3-2+. The maximum absolute atomic E-state index is 12.6. The first kappa shape index (κ1) is 14.5. The highest BCUT2D eigenvalue weighted by molar-refractivity contribution is 5.94. The SMILES string of the molecule is CC(=O)OC/C=C/CC1CC2CC3CCC(=O)C3C2C1=O. The quantitative estimate of drug-likeness (QED) is 0.589. The molecule has 0 saturated heterocycles. The van der Waals surface area contributed by atoms with Gasteiger partial charge in [-0.2, -0.15) is 0 Å². The summed E-state index contributed by atoms with van der Waals surface area (Å²) in [6, 6.07) is 0. The molecule has 0 radical (unpaired) electrons. The van der Waals surface area contributed by atoms with Gasteiger partial charge in [0.25, 0.3) is 0 Å². The molecular formula is C17H22O4. The summed E-state index contributed by atoms with van der Waals surface area (Å²) in [4.78, 5) is 35.2. The van der Waals surface area contributed by atoms with Crippen molar-refractivity contribution in [3.63, 3.8) is 0 Å². The number of hydrogen-bond acceptors (Lipinski definition) is 4. The van der Waals surface area contributed by atoms with E-state index in [2.05, 4.69) is 0 Å². The van der Waals surface area contributed by atoms with E-state index in [1.54, 1.807) is 6.08 Å². The molecular weight excluding hydrogens is 268 g/mol. The van der Waals surface area contributed by atoms with Crippen molar-refractivity contribution in [2.75, 3.05) is 6.61 Å². The Morgan fingerprint density at radius 2 is 2.00 bits per heavy atom. The lowest BCUT2D eigenvalue weighted by molar-refractivity contribution is -0.139. The molecule has 3 saturated carbocycles. The van der Waals surface area contributed by atoms with Gasteiger partial charge in [0.15, 0.2) is 0 Å². The van der Waals surface area contributed by atoms with Crippen molar-refractivity contribution in [2.45, 2.75) is 39.0 Å². The lowest BCUT2D eigenvalue weighted by Gasteiger charge is -2.15. The van der Waals surface area contributed by atoms with Crippen molar-refractivity contribution < 1.29 is 19.1 Å². The van der Waals surface area contributed by atoms with E-state index >= 15 is 0 Å². The van der Waals surface area contributed by atoms with Crippen molar-refractivity contribution in [1.29, 1.82) is 0 Å². The Labute approximate surface area is 124 Å². The van der Waals surface area contributed by atoms with Crippen molar-refractivity contribution in [3.05, 3.63) is 12.2 Å². The number of rotatable bonds is 4. The van der Waals surface area contributed by atoms with Crippen molar-refractivity contribution in [3.8, 4) is 0 Å². The van der Waals surface area contributed by atoms with Crippen LogP contribution in [0.3, 0.4) is 0 Å². The minimum atomic E-state index is -0.295. The number of hydrogen-bond donors (Lipinski definition) is 0. The molecule has 4 nitrogen and oxygen atoms in total. The molecule has 114 valence electrons. The summed E-state index contributed by atoms with van der Waals surface area (Å²) in [5.41, 5.74) is 0. The molecule has 0 aromatic rings. The molecule has 21 heavy (non-hydrogen) atoms. The Hall–Kier alpha value is -1.45. The van der Waals surface area contributed by atoms with E-state index in [4.69, 9.17) is 4.74 Å². The summed E-state index contributed by atoms with van der Waals surface area (Å²) < 4.78 is 4.82. The number of Topliss-reactive ketones (excluding diaryl/α,β-unsaturated/α-hetero) is 2. The van der Waals surface area contributed by atoms with Crippen LogP contribution in [0.5, 0.6) is 0 Å². The maximum atomic E-state index is 12.6. The topological polar surface area (TPSA) is 60.4 Å². The molecule has 0 bridgehead atoms. The zero-order chi connectivity index (χ0) is 15.0. The first-order chi connectivity index (χ1) is 10.1. The van der Waals surface area contributed by atoms with Crippen molar-refractivity contribution >= 4 is 17.5 Å². The van der Waals surface area contributed by atoms with Gasteiger partial charge in [0.2, 0.25) is 0 Å². The van der Waals surface area contributed by atoms with Crippen LogP contribution in [0.4, 0.5) is 0 Å². The first-order valence-corrected chi connectivity index (χ1v) is 7.92. The van der Waals surface area contributed by atoms with Crippen molar-refractivity contribution in [2.24, 2.45) is 29.6 Å². The average Bonchev–Trinajstić information content (AvgIpc) is 3.03. The number of esters is 1. The lowest BCUT2D eigenvalue weighted by atomic mass is 9.86. The molecule has 0 aliphatic heterocycles. The zero-order valence-corrected chi connectivity index (χ0v) is 12.4. The summed E-state index contributed by atoms with van der Waals surface area (Å²) in [6.45, 7) is 1.65. The average molecular weight is 290 g/mol. The monoisotopic (exact) mass is 290 g/mol. The predicted octanol–water partition coefficient (Wildman–Crippen LogP) is 2.32. The Kier molecular flexibility index (Phi) is 3.96. The molecule has 0 N–H and O–H groups in total. The second-order valence-corrected chi connectivity index (χ2v) is 6.66. The highest BCUT2D eigenvalue weighted by Gasteiger charge is 2.57. The molecule has 0 aromatic carbocycles. The summed E-state index contributed by atoms with van der Waals surface area (Å²) in [5.74, 6) is 1.36. The number of allylic oxidation sites excluding steroid dienone is 1. The smallest absolute Gasteiger partial charge is 0.302 e. The summed E-state index contributed by atoms with van der Waals surface area (Å²) in [6.07, 6.45) is 8.11. The number of ether oxygens (including phenoxy) is 1. The van der Waals surface area contributed by atoms with Gasteiger partial charge in [-0.1, -0.05) is 12.2 Å². The van der Waals surface area contributed by atoms with Gasteiger partial charge in [-0.3, -0.25) is 14.4 Å². The third kappa shape index (κ3) is 2.68. The summed E-state index contributed by atoms with van der Waals surface area (Å²) >= 11 is 0. The normalized spacial score (nSPS) is 38.0. The van der Waals surface area contributed by atoms with Gasteiger partial charge in [0.05, 0.1) is 0 Å². The van der Waals surface area contributed by atoms with Crippen molar-refractivity contribution in [1.82, 2.24) is 0 Å². The lowest BCUT2D eigenvalue weighted by Crippen LogP contribution is -2.26. The van der Waals surface area contributed by atoms with Gasteiger partial charge in [-0.15, -0.1) is 0 Å². The molecule has 0 amide bonds. The highest BCUT2D eigenvalue weighted by atomic mass is 16.5. The summed E-state index contributed by atoms with van der Waals surface area (Å²) in [7, 11) is 0. The molecule has 0 aromatic heterocycles. The predicted molar refractivity (Wildman–Crippen MR) is 76.3 cm³/mol. The zero-order valence-electron chi connectivity index (χ0n) is 12.4. The fourth-order valence-electron chi connectivity index (χ4n) is 4.64. The van der Waals surface area contributed by atoms with Crippen LogP contribution in [-0.4, -0.2) is 24.1 Å². The van der Waals surface area contributed by atoms with E-state index in [-0.39, 0.29) is 30.3 Å². The molecule has 0 heterocycles. The van der Waals surface area contributed by atoms with Crippen LogP contribution in [-0.2, 0) is 19.1 Å². The third-order valence-corrected chi connectivity index (χ3v) is 5.43. The minimum absolute atomic E-state index is 0.0110. The number of ketones is 2. The molecule has 3 aliphatic rings. The Balaban J connectivity index is 1.55. The van der Waals surface area contributed by atoms with Crippen LogP contribution in [0.1, 0.15) is 39.0 Å². The summed E-state index contributed by atoms with van der Waals surface area (Å²) in [5, 5.41) is 0. The van der Waals surface area contributed by atoms with E-state index in [0.29, 0.717) is 36.2 Å². The van der Waals surface area contributed by atoms with Gasteiger partial charge >= 0.3 is 5.97 Å². The van der Waals surface area contributed by atoms with E-state index < -0.39 is 0 Å². The van der Waals surface area contributed by atoms with E-state index in [9.17, 15) is 14.4 Å². The van der Waals surface area contributed by atoms with Gasteiger partial charge < -0.3 is 4.74 Å². The molecule has 4 heteroatoms. The Bertz CT molecular complexity index is 493. The second kappa shape index (κ2) is 5.74. The van der Waals surface area contributed by atoms with Crippen LogP contribution < -0.4 is 0 Å². The van der Waals surface area contributed by atoms with Crippen LogP contribution in [0.25, 0.3) is 0 Å². The fourth-order valence-corrected chi connectivity index (χ4v) is 4.64. The Morgan fingerprint density at radius 3 is 2.76 bits per heavy atom. The molecule has 3 fully saturated rings. The minimum Gasteiger partial charge on any atom is -0.462 e. The van der Waals surface area contributed by atoms with E-state index in [1.165, 1.54) is 6.92 Å². The van der Waals surface area contributed by atoms with E-state index in [1.807, 2.05) is 6.08 Å². The highest BCUT2D eigenvalue weighted by Crippen LogP contribution is 2.55. The largest absolute Gasteiger partial charge is 0.462 e. The molecule has 3 aliphatic carbocycles. The number of fused-ring (bicyclic) bond motifs is 3. The Morgan fingerprint density at radius 1 is 1.19 bits per heavy atom. The van der Waals surface area contributed by atoms with Crippen LogP contribution in [0, 0.1) is 29.6 Å². The van der Waals surface area contributed by atoms with Crippen LogP contribution in [0.2, 0.25) is 0 Å². The fraction of sp³-hybridized carbons (Fsp3) is 0.706. The number of carbonyl (C=O) groups is 3. The van der Waals surface area contributed by atoms with Gasteiger partial charge in [-0.25, -0.2) is 0 Å². The number of carbonyl (C=O) groups excluding carboxylic acids is 3. The van der Waals surface area contributed by atoms with Gasteiger partial charge in [0, 0.05) is 31.1 Å². The molecule has 3 rings (SSSR count). The van der Waals surface area contributed by atoms with E-state index in [0.717, 1.165) is 19.3 Å². The molecule has 0 spiro atoms. The molecule has 5 unspecified atom stereocenters. The van der Waals surface area contributed by atoms with Gasteiger partial charge in [0.1, 0.15) is 18.2 Å². The van der Waals surface area contributed by atoms with Gasteiger partial charge in [-0.05, 0) is 37.5 Å². The van der Waals surface area contributed by atoms with Crippen LogP contribution >= 0.6 is 0 Å². The van der Waals surface area contributed by atoms with Crippen LogP contribution in [0.15, 0.2) is 12.2 Å². The second-order valence-electron chi connectivity index (χ2n) is 6.66.